The lowest BCUT2D eigenvalue weighted by atomic mass is 10.3. The minimum absolute atomic E-state index is 0.932. The van der Waals surface area contributed by atoms with Gasteiger partial charge in [-0.3, -0.25) is 4.99 Å². The Labute approximate surface area is 55.8 Å². The fraction of sp³-hybridized carbons (Fsp3) is 0.286. The molecule has 0 amide bonds. The van der Waals surface area contributed by atoms with Crippen molar-refractivity contribution >= 4 is 6.21 Å². The first-order valence-corrected chi connectivity index (χ1v) is 2.89. The Hall–Kier alpha value is -1.05. The van der Waals surface area contributed by atoms with E-state index in [4.69, 9.17) is 5.73 Å². The topological polar surface area (TPSA) is 38.4 Å². The number of nitrogens with two attached hydrogens (primary N) is 1. The molecule has 0 rings (SSSR count). The van der Waals surface area contributed by atoms with Crippen LogP contribution in [0.3, 0.4) is 0 Å². The van der Waals surface area contributed by atoms with Crippen LogP contribution in [0.15, 0.2) is 29.5 Å². The van der Waals surface area contributed by atoms with Crippen LogP contribution in [0.1, 0.15) is 13.3 Å². The molecule has 0 aromatic rings. The van der Waals surface area contributed by atoms with E-state index in [-0.39, 0.29) is 0 Å². The molecular weight excluding hydrogens is 112 g/mol. The summed E-state index contributed by atoms with van der Waals surface area (Å²) in [5, 5.41) is 0. The molecular formula is C7H12N2. The molecule has 0 bridgehead atoms. The van der Waals surface area contributed by atoms with Gasteiger partial charge in [-0.1, -0.05) is 13.5 Å². The molecule has 0 aliphatic heterocycles. The lowest BCUT2D eigenvalue weighted by molar-refractivity contribution is 1.19. The minimum atomic E-state index is 0.932. The summed E-state index contributed by atoms with van der Waals surface area (Å²) < 4.78 is 0. The second kappa shape index (κ2) is 5.09. The van der Waals surface area contributed by atoms with Gasteiger partial charge < -0.3 is 5.73 Å². The standard InChI is InChI=1S/C7H12N2/c1-3-7(2)6-9-5-4-8/h4-6H,2-3,8H2,1H3/b5-4-,9-6-. The molecule has 0 saturated heterocycles. The van der Waals surface area contributed by atoms with E-state index in [0.29, 0.717) is 0 Å². The van der Waals surface area contributed by atoms with Crippen LogP contribution in [-0.2, 0) is 0 Å². The summed E-state index contributed by atoms with van der Waals surface area (Å²) in [7, 11) is 0. The van der Waals surface area contributed by atoms with Crippen molar-refractivity contribution in [1.82, 2.24) is 0 Å². The van der Waals surface area contributed by atoms with Crippen LogP contribution in [0.25, 0.3) is 0 Å². The second-order valence-corrected chi connectivity index (χ2v) is 1.63. The monoisotopic (exact) mass is 124 g/mol. The SMILES string of the molecule is C=C(/C=N\C=C/N)CC. The zero-order valence-corrected chi connectivity index (χ0v) is 5.67. The molecule has 2 N–H and O–H groups in total. The highest BCUT2D eigenvalue weighted by molar-refractivity contribution is 5.77. The van der Waals surface area contributed by atoms with Crippen molar-refractivity contribution in [3.63, 3.8) is 0 Å². The maximum Gasteiger partial charge on any atom is 0.0422 e. The third kappa shape index (κ3) is 4.81. The van der Waals surface area contributed by atoms with Crippen LogP contribution in [0.2, 0.25) is 0 Å². The van der Waals surface area contributed by atoms with Crippen LogP contribution < -0.4 is 5.73 Å². The van der Waals surface area contributed by atoms with Crippen LogP contribution in [-0.4, -0.2) is 6.21 Å². The molecule has 0 fully saturated rings. The third-order valence-electron chi connectivity index (χ3n) is 0.883. The molecule has 0 spiro atoms. The summed E-state index contributed by atoms with van der Waals surface area (Å²) >= 11 is 0. The molecule has 0 aliphatic carbocycles. The van der Waals surface area contributed by atoms with Crippen LogP contribution >= 0.6 is 0 Å². The summed E-state index contributed by atoms with van der Waals surface area (Å²) in [6.07, 6.45) is 5.55. The smallest absolute Gasteiger partial charge is 0.0422 e. The van der Waals surface area contributed by atoms with Gasteiger partial charge in [0.25, 0.3) is 0 Å². The molecule has 0 saturated carbocycles. The van der Waals surface area contributed by atoms with E-state index in [1.165, 1.54) is 12.4 Å². The first-order chi connectivity index (χ1) is 4.31. The maximum absolute atomic E-state index is 5.03. The summed E-state index contributed by atoms with van der Waals surface area (Å²) in [6.45, 7) is 5.75. The van der Waals surface area contributed by atoms with Crippen LogP contribution in [0.4, 0.5) is 0 Å². The van der Waals surface area contributed by atoms with Gasteiger partial charge in [0.05, 0.1) is 0 Å². The van der Waals surface area contributed by atoms with Gasteiger partial charge in [0.2, 0.25) is 0 Å². The molecule has 9 heavy (non-hydrogen) atoms. The molecule has 0 aromatic heterocycles. The summed E-state index contributed by atoms with van der Waals surface area (Å²) in [6, 6.07) is 0. The Kier molecular flexibility index (Phi) is 4.50. The molecule has 2 nitrogen and oxygen atoms in total. The molecule has 50 valence electrons. The molecule has 0 aliphatic rings. The summed E-state index contributed by atoms with van der Waals surface area (Å²) in [4.78, 5) is 3.83. The predicted octanol–water partition coefficient (Wildman–Crippen LogP) is 1.45. The van der Waals surface area contributed by atoms with E-state index in [1.54, 1.807) is 6.21 Å². The quantitative estimate of drug-likeness (QED) is 0.568. The van der Waals surface area contributed by atoms with Gasteiger partial charge in [0.15, 0.2) is 0 Å². The number of allylic oxidation sites excluding steroid dienone is 1. The van der Waals surface area contributed by atoms with Gasteiger partial charge >= 0.3 is 0 Å². The van der Waals surface area contributed by atoms with Gasteiger partial charge in [-0.15, -0.1) is 0 Å². The molecule has 0 heterocycles. The number of hydrogen-bond donors (Lipinski definition) is 1. The average Bonchev–Trinajstić information content (AvgIpc) is 1.89. The van der Waals surface area contributed by atoms with Gasteiger partial charge in [-0.2, -0.15) is 0 Å². The highest BCUT2D eigenvalue weighted by Crippen LogP contribution is 1.90. The number of hydrogen-bond acceptors (Lipinski definition) is 2. The van der Waals surface area contributed by atoms with Crippen molar-refractivity contribution in [2.24, 2.45) is 10.7 Å². The first kappa shape index (κ1) is 7.95. The van der Waals surface area contributed by atoms with Gasteiger partial charge in [-0.05, 0) is 12.0 Å². The van der Waals surface area contributed by atoms with Gasteiger partial charge in [0, 0.05) is 18.6 Å². The molecule has 2 heteroatoms. The normalized spacial score (nSPS) is 11.2. The largest absolute Gasteiger partial charge is 0.403 e. The van der Waals surface area contributed by atoms with E-state index in [1.807, 2.05) is 6.92 Å². The number of nitrogens with zero attached hydrogens (tertiary/aromatic N) is 1. The highest BCUT2D eigenvalue weighted by Gasteiger charge is 1.77. The Morgan fingerprint density at radius 3 is 2.89 bits per heavy atom. The summed E-state index contributed by atoms with van der Waals surface area (Å²) in [5.41, 5.74) is 6.04. The summed E-state index contributed by atoms with van der Waals surface area (Å²) in [5.74, 6) is 0. The lowest BCUT2D eigenvalue weighted by Crippen LogP contribution is -1.78. The Morgan fingerprint density at radius 2 is 2.44 bits per heavy atom. The highest BCUT2D eigenvalue weighted by atomic mass is 14.7. The van der Waals surface area contributed by atoms with E-state index in [0.717, 1.165) is 12.0 Å². The van der Waals surface area contributed by atoms with Crippen molar-refractivity contribution in [2.45, 2.75) is 13.3 Å². The van der Waals surface area contributed by atoms with Crippen molar-refractivity contribution in [3.8, 4) is 0 Å². The van der Waals surface area contributed by atoms with E-state index >= 15 is 0 Å². The molecule has 0 unspecified atom stereocenters. The Morgan fingerprint density at radius 1 is 1.78 bits per heavy atom. The van der Waals surface area contributed by atoms with Gasteiger partial charge in [-0.25, -0.2) is 0 Å². The predicted molar refractivity (Wildman–Crippen MR) is 41.3 cm³/mol. The Balaban J connectivity index is 3.57. The van der Waals surface area contributed by atoms with Crippen LogP contribution in [0, 0.1) is 0 Å². The maximum atomic E-state index is 5.03. The van der Waals surface area contributed by atoms with Crippen molar-refractivity contribution in [2.75, 3.05) is 0 Å². The molecule has 0 atom stereocenters. The molecule has 0 radical (unpaired) electrons. The third-order valence-corrected chi connectivity index (χ3v) is 0.883. The first-order valence-electron chi connectivity index (χ1n) is 2.89. The van der Waals surface area contributed by atoms with Crippen molar-refractivity contribution < 1.29 is 0 Å². The van der Waals surface area contributed by atoms with Gasteiger partial charge in [0.1, 0.15) is 0 Å². The average molecular weight is 124 g/mol. The number of aliphatic imine (C=N–C) groups is 1. The minimum Gasteiger partial charge on any atom is -0.403 e. The van der Waals surface area contributed by atoms with Crippen molar-refractivity contribution in [3.05, 3.63) is 24.6 Å². The molecule has 0 aromatic carbocycles. The zero-order chi connectivity index (χ0) is 7.11. The Bertz CT molecular complexity index is 134. The van der Waals surface area contributed by atoms with Crippen molar-refractivity contribution in [1.29, 1.82) is 0 Å². The fourth-order valence-electron chi connectivity index (χ4n) is 0.289. The van der Waals surface area contributed by atoms with E-state index in [9.17, 15) is 0 Å². The number of rotatable bonds is 3. The van der Waals surface area contributed by atoms with E-state index in [2.05, 4.69) is 11.6 Å². The van der Waals surface area contributed by atoms with E-state index < -0.39 is 0 Å². The lowest BCUT2D eigenvalue weighted by Gasteiger charge is -1.85. The zero-order valence-electron chi connectivity index (χ0n) is 5.67. The fourth-order valence-corrected chi connectivity index (χ4v) is 0.289. The second-order valence-electron chi connectivity index (χ2n) is 1.63. The van der Waals surface area contributed by atoms with Crippen LogP contribution in [0.5, 0.6) is 0 Å².